The molecule has 1 heterocycles. The third-order valence-corrected chi connectivity index (χ3v) is 6.00. The van der Waals surface area contributed by atoms with Gasteiger partial charge in [0.15, 0.2) is 0 Å². The number of nitrogens with one attached hydrogen (secondary N) is 3. The number of amides is 2. The van der Waals surface area contributed by atoms with Crippen molar-refractivity contribution in [2.75, 3.05) is 28.2 Å². The van der Waals surface area contributed by atoms with Gasteiger partial charge in [0.25, 0.3) is 5.91 Å². The van der Waals surface area contributed by atoms with Crippen LogP contribution in [0.4, 0.5) is 22.9 Å². The highest BCUT2D eigenvalue weighted by Gasteiger charge is 2.30. The molecule has 1 fully saturated rings. The first kappa shape index (κ1) is 24.5. The number of aromatic nitrogens is 1. The number of pyridine rings is 1. The van der Waals surface area contributed by atoms with Crippen LogP contribution in [0.3, 0.4) is 0 Å². The van der Waals surface area contributed by atoms with E-state index in [0.29, 0.717) is 17.1 Å². The minimum Gasteiger partial charge on any atom is -0.353 e. The number of anilines is 4. The molecule has 1 aliphatic carbocycles. The molecule has 178 valence electrons. The molecule has 0 atom stereocenters. The summed E-state index contributed by atoms with van der Waals surface area (Å²) in [4.78, 5) is 34.6. The van der Waals surface area contributed by atoms with E-state index in [0.717, 1.165) is 23.4 Å². The normalized spacial score (nSPS) is 13.8. The third-order valence-electron chi connectivity index (χ3n) is 4.81. The molecule has 0 spiro atoms. The van der Waals surface area contributed by atoms with Gasteiger partial charge in [-0.2, -0.15) is 0 Å². The van der Waals surface area contributed by atoms with Crippen molar-refractivity contribution in [2.45, 2.75) is 39.2 Å². The molecule has 3 N–H and O–H groups in total. The van der Waals surface area contributed by atoms with Gasteiger partial charge < -0.3 is 10.6 Å². The van der Waals surface area contributed by atoms with Crippen LogP contribution in [-0.4, -0.2) is 44.1 Å². The first-order valence-corrected chi connectivity index (χ1v) is 12.3. The Hall–Kier alpha value is -3.18. The molecule has 1 aromatic heterocycles. The molecule has 0 unspecified atom stereocenters. The van der Waals surface area contributed by atoms with Crippen LogP contribution in [0.2, 0.25) is 0 Å². The zero-order valence-corrected chi connectivity index (χ0v) is 20.1. The van der Waals surface area contributed by atoms with Crippen LogP contribution in [0.15, 0.2) is 36.5 Å². The summed E-state index contributed by atoms with van der Waals surface area (Å²) in [6, 6.07) is 8.31. The van der Waals surface area contributed by atoms with Gasteiger partial charge in [0.05, 0.1) is 34.5 Å². The summed E-state index contributed by atoms with van der Waals surface area (Å²) in [5, 5.41) is 5.87. The second kappa shape index (κ2) is 9.36. The molecule has 2 amide bonds. The van der Waals surface area contributed by atoms with E-state index in [1.165, 1.54) is 19.3 Å². The Bertz CT molecular complexity index is 1160. The van der Waals surface area contributed by atoms with Crippen molar-refractivity contribution in [3.05, 3.63) is 42.1 Å². The van der Waals surface area contributed by atoms with Crippen LogP contribution in [0.25, 0.3) is 0 Å². The predicted octanol–water partition coefficient (Wildman–Crippen LogP) is 3.03. The summed E-state index contributed by atoms with van der Waals surface area (Å²) in [7, 11) is -2.09. The lowest BCUT2D eigenvalue weighted by Crippen LogP contribution is -2.34. The molecule has 2 aromatic rings. The SMILES string of the molecule is CN(c1ccccc1Nc1cc(NC(=O)C2CC2)ncc1C(=O)NOC(C)(C)C)S(C)(=O)=O. The van der Waals surface area contributed by atoms with Crippen LogP contribution in [0.1, 0.15) is 44.0 Å². The number of sulfonamides is 1. The second-order valence-electron chi connectivity index (χ2n) is 8.90. The van der Waals surface area contributed by atoms with Gasteiger partial charge in [-0.1, -0.05) is 12.1 Å². The minimum absolute atomic E-state index is 0.0180. The van der Waals surface area contributed by atoms with Crippen LogP contribution in [0, 0.1) is 5.92 Å². The maximum atomic E-state index is 12.8. The lowest BCUT2D eigenvalue weighted by molar-refractivity contribution is -0.117. The number of hydroxylamine groups is 1. The fourth-order valence-corrected chi connectivity index (χ4v) is 3.33. The smallest absolute Gasteiger partial charge is 0.278 e. The van der Waals surface area contributed by atoms with E-state index in [4.69, 9.17) is 4.84 Å². The highest BCUT2D eigenvalue weighted by Crippen LogP contribution is 2.33. The number of rotatable bonds is 8. The van der Waals surface area contributed by atoms with Gasteiger partial charge in [0.2, 0.25) is 15.9 Å². The van der Waals surface area contributed by atoms with E-state index in [2.05, 4.69) is 21.1 Å². The number of para-hydroxylation sites is 2. The number of benzene rings is 1. The molecule has 0 saturated heterocycles. The lowest BCUT2D eigenvalue weighted by Gasteiger charge is -2.22. The van der Waals surface area contributed by atoms with Gasteiger partial charge in [-0.25, -0.2) is 18.9 Å². The number of hydrogen-bond donors (Lipinski definition) is 3. The van der Waals surface area contributed by atoms with Crippen LogP contribution in [-0.2, 0) is 19.7 Å². The summed E-state index contributed by atoms with van der Waals surface area (Å²) < 4.78 is 25.3. The van der Waals surface area contributed by atoms with Crippen molar-refractivity contribution in [3.8, 4) is 0 Å². The van der Waals surface area contributed by atoms with Crippen LogP contribution >= 0.6 is 0 Å². The van der Waals surface area contributed by atoms with Gasteiger partial charge in [0.1, 0.15) is 5.82 Å². The van der Waals surface area contributed by atoms with E-state index in [1.54, 1.807) is 45.0 Å². The molecule has 0 aliphatic heterocycles. The molecule has 0 bridgehead atoms. The van der Waals surface area contributed by atoms with Gasteiger partial charge in [-0.05, 0) is 45.7 Å². The van der Waals surface area contributed by atoms with Crippen molar-refractivity contribution >= 4 is 44.7 Å². The van der Waals surface area contributed by atoms with E-state index in [-0.39, 0.29) is 23.2 Å². The van der Waals surface area contributed by atoms with Crippen molar-refractivity contribution in [2.24, 2.45) is 5.92 Å². The van der Waals surface area contributed by atoms with Crippen LogP contribution < -0.4 is 20.4 Å². The lowest BCUT2D eigenvalue weighted by atomic mass is 10.2. The van der Waals surface area contributed by atoms with E-state index in [1.807, 2.05) is 0 Å². The highest BCUT2D eigenvalue weighted by atomic mass is 32.2. The molecule has 3 rings (SSSR count). The summed E-state index contributed by atoms with van der Waals surface area (Å²) in [6.07, 6.45) is 4.11. The van der Waals surface area contributed by atoms with Crippen molar-refractivity contribution in [1.29, 1.82) is 0 Å². The number of nitrogens with zero attached hydrogens (tertiary/aromatic N) is 2. The third kappa shape index (κ3) is 6.65. The first-order chi connectivity index (χ1) is 15.3. The maximum absolute atomic E-state index is 12.8. The standard InChI is InChI=1S/C22H29N5O5S/c1-22(2,3)32-26-21(29)15-13-23-19(25-20(28)14-10-11-14)12-17(15)24-16-8-6-7-9-18(16)27(4)33(5,30)31/h6-9,12-14H,10-11H2,1-5H3,(H,26,29)(H2,23,24,25,28). The Morgan fingerprint density at radius 1 is 1.15 bits per heavy atom. The number of carbonyl (C=O) groups excluding carboxylic acids is 2. The fraction of sp³-hybridized carbons (Fsp3) is 0.409. The molecular formula is C22H29N5O5S. The van der Waals surface area contributed by atoms with Gasteiger partial charge in [-0.3, -0.25) is 18.7 Å². The Morgan fingerprint density at radius 2 is 1.82 bits per heavy atom. The summed E-state index contributed by atoms with van der Waals surface area (Å²) >= 11 is 0. The van der Waals surface area contributed by atoms with Gasteiger partial charge >= 0.3 is 0 Å². The summed E-state index contributed by atoms with van der Waals surface area (Å²) in [5.74, 6) is -0.417. The Balaban J connectivity index is 1.97. The van der Waals surface area contributed by atoms with Gasteiger partial charge in [0, 0.05) is 25.2 Å². The first-order valence-electron chi connectivity index (χ1n) is 10.4. The number of hydrogen-bond acceptors (Lipinski definition) is 7. The molecule has 1 saturated carbocycles. The zero-order chi connectivity index (χ0) is 24.4. The van der Waals surface area contributed by atoms with E-state index >= 15 is 0 Å². The quantitative estimate of drug-likeness (QED) is 0.500. The Labute approximate surface area is 193 Å². The van der Waals surface area contributed by atoms with E-state index in [9.17, 15) is 18.0 Å². The average molecular weight is 476 g/mol. The maximum Gasteiger partial charge on any atom is 0.278 e. The fourth-order valence-electron chi connectivity index (χ4n) is 2.81. The molecule has 33 heavy (non-hydrogen) atoms. The Morgan fingerprint density at radius 3 is 2.42 bits per heavy atom. The predicted molar refractivity (Wildman–Crippen MR) is 127 cm³/mol. The minimum atomic E-state index is -3.52. The van der Waals surface area contributed by atoms with Crippen LogP contribution in [0.5, 0.6) is 0 Å². The molecular weight excluding hydrogens is 446 g/mol. The monoisotopic (exact) mass is 475 g/mol. The summed E-state index contributed by atoms with van der Waals surface area (Å²) in [5.41, 5.74) is 3.10. The van der Waals surface area contributed by atoms with E-state index < -0.39 is 21.5 Å². The molecule has 0 radical (unpaired) electrons. The average Bonchev–Trinajstić information content (AvgIpc) is 3.56. The topological polar surface area (TPSA) is 130 Å². The molecule has 1 aliphatic rings. The van der Waals surface area contributed by atoms with Crippen molar-refractivity contribution in [1.82, 2.24) is 10.5 Å². The summed E-state index contributed by atoms with van der Waals surface area (Å²) in [6.45, 7) is 5.37. The highest BCUT2D eigenvalue weighted by molar-refractivity contribution is 7.92. The Kier molecular flexibility index (Phi) is 6.94. The van der Waals surface area contributed by atoms with Crippen molar-refractivity contribution in [3.63, 3.8) is 0 Å². The molecule has 10 nitrogen and oxygen atoms in total. The van der Waals surface area contributed by atoms with Gasteiger partial charge in [-0.15, -0.1) is 0 Å². The number of carbonyl (C=O) groups is 2. The molecule has 11 heteroatoms. The second-order valence-corrected chi connectivity index (χ2v) is 10.9. The van der Waals surface area contributed by atoms with Crippen molar-refractivity contribution < 1.29 is 22.8 Å². The molecule has 1 aromatic carbocycles. The zero-order valence-electron chi connectivity index (χ0n) is 19.3. The largest absolute Gasteiger partial charge is 0.353 e.